The second kappa shape index (κ2) is 9.11. The van der Waals surface area contributed by atoms with Crippen molar-refractivity contribution in [2.75, 3.05) is 12.4 Å². The zero-order valence-electron chi connectivity index (χ0n) is 18.2. The average Bonchev–Trinajstić information content (AvgIpc) is 3.59. The molecule has 1 aromatic carbocycles. The number of nitrogens with zero attached hydrogens (tertiary/aromatic N) is 5. The van der Waals surface area contributed by atoms with Gasteiger partial charge in [-0.05, 0) is 23.2 Å². The number of anilines is 1. The van der Waals surface area contributed by atoms with Crippen molar-refractivity contribution in [2.45, 2.75) is 30.8 Å². The highest BCUT2D eigenvalue weighted by molar-refractivity contribution is 7.13. The van der Waals surface area contributed by atoms with E-state index in [4.69, 9.17) is 16.3 Å². The Kier molecular flexibility index (Phi) is 6.13. The number of fused-ring (bicyclic) bond motifs is 1. The molecular formula is C21H20ClN7O5S. The molecule has 5 N–H and O–H groups in total. The summed E-state index contributed by atoms with van der Waals surface area (Å²) in [6, 6.07) is 7.83. The fourth-order valence-electron chi connectivity index (χ4n) is 3.86. The first kappa shape index (κ1) is 23.5. The smallest absolute Gasteiger partial charge is 0.286 e. The number of benzene rings is 1. The lowest BCUT2D eigenvalue weighted by Crippen LogP contribution is -2.45. The van der Waals surface area contributed by atoms with Gasteiger partial charge in [0.2, 0.25) is 5.28 Å². The fourth-order valence-corrected chi connectivity index (χ4v) is 4.66. The van der Waals surface area contributed by atoms with Crippen LogP contribution in [-0.4, -0.2) is 71.1 Å². The number of carbonyl (C=O) groups excluding carboxylic acids is 1. The summed E-state index contributed by atoms with van der Waals surface area (Å²) in [7, 11) is 1.34. The van der Waals surface area contributed by atoms with Crippen LogP contribution in [0.4, 0.5) is 5.82 Å². The minimum absolute atomic E-state index is 0.0235. The molecule has 4 heterocycles. The summed E-state index contributed by atoms with van der Waals surface area (Å²) in [5.41, 5.74) is 2.18. The van der Waals surface area contributed by atoms with Gasteiger partial charge in [0.05, 0.1) is 0 Å². The molecule has 0 aliphatic carbocycles. The molecule has 35 heavy (non-hydrogen) atoms. The fraction of sp³-hybridized carbons (Fsp3) is 0.286. The SMILES string of the molecule is CNC(=O)[C@H]1O[C@](O)(n2cnc3c(NCc4cccc(-c5nccs5)c4)nc(Cl)nc32)[C@H](O)[C@@H]1O. The highest BCUT2D eigenvalue weighted by Gasteiger charge is 2.58. The van der Waals surface area contributed by atoms with Gasteiger partial charge in [0.15, 0.2) is 29.2 Å². The highest BCUT2D eigenvalue weighted by Crippen LogP contribution is 2.36. The first-order valence-electron chi connectivity index (χ1n) is 10.4. The molecule has 0 radical (unpaired) electrons. The number of nitrogens with one attached hydrogen (secondary N) is 2. The Morgan fingerprint density at radius 2 is 2.14 bits per heavy atom. The van der Waals surface area contributed by atoms with Crippen LogP contribution in [0.15, 0.2) is 42.2 Å². The van der Waals surface area contributed by atoms with Gasteiger partial charge in [-0.15, -0.1) is 11.3 Å². The molecule has 0 unspecified atom stereocenters. The number of hydrogen-bond acceptors (Lipinski definition) is 11. The van der Waals surface area contributed by atoms with Crippen molar-refractivity contribution in [3.05, 3.63) is 53.0 Å². The van der Waals surface area contributed by atoms with Crippen molar-refractivity contribution >= 4 is 45.8 Å². The Hall–Kier alpha value is -3.20. The number of likely N-dealkylation sites (N-methyl/N-ethyl adjacent to an activating group) is 1. The van der Waals surface area contributed by atoms with Gasteiger partial charge in [0, 0.05) is 30.7 Å². The van der Waals surface area contributed by atoms with Crippen molar-refractivity contribution in [3.8, 4) is 10.6 Å². The lowest BCUT2D eigenvalue weighted by Gasteiger charge is -2.27. The number of hydrogen-bond donors (Lipinski definition) is 5. The number of aliphatic hydroxyl groups excluding tert-OH is 2. The summed E-state index contributed by atoms with van der Waals surface area (Å²) in [6.07, 6.45) is -2.18. The summed E-state index contributed by atoms with van der Waals surface area (Å²) in [6.45, 7) is 0.370. The molecule has 182 valence electrons. The molecule has 3 aromatic heterocycles. The lowest BCUT2D eigenvalue weighted by atomic mass is 10.1. The van der Waals surface area contributed by atoms with E-state index in [1.807, 2.05) is 29.6 Å². The zero-order valence-corrected chi connectivity index (χ0v) is 19.7. The number of carbonyl (C=O) groups is 1. The van der Waals surface area contributed by atoms with Gasteiger partial charge in [-0.3, -0.25) is 9.36 Å². The maximum absolute atomic E-state index is 12.0. The standard InChI is InChI=1S/C21H20ClN7O5S/c1-23-18(32)14-13(30)15(31)21(33,34-14)29-9-26-12-16(27-20(22)28-17(12)29)25-8-10-3-2-4-11(7-10)19-24-5-6-35-19/h2-7,9,13-15,30-31,33H,8H2,1H3,(H,23,32)(H,25,27,28)/t13-,14+,15-,21+/m1/s1. The molecule has 5 rings (SSSR count). The molecular weight excluding hydrogens is 498 g/mol. The van der Waals surface area contributed by atoms with E-state index in [9.17, 15) is 20.1 Å². The molecule has 0 bridgehead atoms. The summed E-state index contributed by atoms with van der Waals surface area (Å²) < 4.78 is 6.37. The van der Waals surface area contributed by atoms with Crippen molar-refractivity contribution in [1.29, 1.82) is 0 Å². The predicted octanol–water partition coefficient (Wildman–Crippen LogP) is 0.684. The van der Waals surface area contributed by atoms with E-state index in [1.165, 1.54) is 18.4 Å². The third-order valence-corrected chi connectivity index (χ3v) is 6.60. The van der Waals surface area contributed by atoms with Crippen LogP contribution in [-0.2, 0) is 22.0 Å². The van der Waals surface area contributed by atoms with Crippen molar-refractivity contribution in [2.24, 2.45) is 0 Å². The quantitative estimate of drug-likeness (QED) is 0.229. The van der Waals surface area contributed by atoms with Gasteiger partial charge >= 0.3 is 0 Å². The van der Waals surface area contributed by atoms with Crippen LogP contribution in [0.25, 0.3) is 21.7 Å². The van der Waals surface area contributed by atoms with E-state index in [2.05, 4.69) is 30.6 Å². The minimum atomic E-state index is -2.53. The Morgan fingerprint density at radius 3 is 2.89 bits per heavy atom. The topological polar surface area (TPSA) is 168 Å². The van der Waals surface area contributed by atoms with Crippen LogP contribution in [0.1, 0.15) is 5.56 Å². The lowest BCUT2D eigenvalue weighted by molar-refractivity contribution is -0.282. The van der Waals surface area contributed by atoms with Crippen LogP contribution in [0, 0.1) is 0 Å². The molecule has 4 aromatic rings. The van der Waals surface area contributed by atoms with Gasteiger partial charge in [-0.1, -0.05) is 18.2 Å². The van der Waals surface area contributed by atoms with Crippen LogP contribution in [0.5, 0.6) is 0 Å². The van der Waals surface area contributed by atoms with E-state index in [-0.39, 0.29) is 22.3 Å². The Bertz CT molecular complexity index is 1380. The average molecular weight is 518 g/mol. The summed E-state index contributed by atoms with van der Waals surface area (Å²) in [5.74, 6) is -2.97. The first-order valence-corrected chi connectivity index (χ1v) is 11.7. The van der Waals surface area contributed by atoms with Crippen LogP contribution in [0.3, 0.4) is 0 Å². The van der Waals surface area contributed by atoms with Crippen molar-refractivity contribution < 1.29 is 24.9 Å². The number of rotatable bonds is 6. The normalized spacial score (nSPS) is 24.1. The number of imidazole rings is 1. The van der Waals surface area contributed by atoms with E-state index >= 15 is 0 Å². The van der Waals surface area contributed by atoms with Crippen molar-refractivity contribution in [3.63, 3.8) is 0 Å². The van der Waals surface area contributed by atoms with Crippen LogP contribution >= 0.6 is 22.9 Å². The number of ether oxygens (including phenoxy) is 1. The number of thiazole rings is 1. The molecule has 1 aliphatic rings. The third-order valence-electron chi connectivity index (χ3n) is 5.60. The van der Waals surface area contributed by atoms with Gasteiger partial charge in [0.25, 0.3) is 11.8 Å². The van der Waals surface area contributed by atoms with Crippen LogP contribution in [0.2, 0.25) is 5.28 Å². The predicted molar refractivity (Wildman–Crippen MR) is 126 cm³/mol. The monoisotopic (exact) mass is 517 g/mol. The maximum Gasteiger partial charge on any atom is 0.286 e. The van der Waals surface area contributed by atoms with E-state index < -0.39 is 30.1 Å². The van der Waals surface area contributed by atoms with Crippen LogP contribution < -0.4 is 10.6 Å². The Balaban J connectivity index is 1.45. The van der Waals surface area contributed by atoms with Gasteiger partial charge in [-0.2, -0.15) is 9.97 Å². The largest absolute Gasteiger partial charge is 0.387 e. The molecule has 1 amide bonds. The second-order valence-corrected chi connectivity index (χ2v) is 9.00. The van der Waals surface area contributed by atoms with E-state index in [0.29, 0.717) is 6.54 Å². The summed E-state index contributed by atoms with van der Waals surface area (Å²) in [4.78, 5) is 28.9. The zero-order chi connectivity index (χ0) is 24.7. The number of amides is 1. The second-order valence-electron chi connectivity index (χ2n) is 7.77. The van der Waals surface area contributed by atoms with Gasteiger partial charge in [-0.25, -0.2) is 9.97 Å². The molecule has 12 nitrogen and oxygen atoms in total. The summed E-state index contributed by atoms with van der Waals surface area (Å²) >= 11 is 7.68. The first-order chi connectivity index (χ1) is 16.8. The molecule has 1 saturated heterocycles. The van der Waals surface area contributed by atoms with E-state index in [1.54, 1.807) is 6.20 Å². The molecule has 0 spiro atoms. The number of halogens is 1. The molecule has 1 aliphatic heterocycles. The van der Waals surface area contributed by atoms with Crippen molar-refractivity contribution in [1.82, 2.24) is 29.8 Å². The highest BCUT2D eigenvalue weighted by atomic mass is 35.5. The maximum atomic E-state index is 12.0. The third kappa shape index (κ3) is 4.11. The van der Waals surface area contributed by atoms with Gasteiger partial charge in [0.1, 0.15) is 17.4 Å². The molecule has 0 saturated carbocycles. The number of aliphatic hydroxyl groups is 3. The van der Waals surface area contributed by atoms with E-state index in [0.717, 1.165) is 27.0 Å². The Labute approximate surface area is 207 Å². The molecule has 1 fully saturated rings. The Morgan fingerprint density at radius 1 is 1.31 bits per heavy atom. The van der Waals surface area contributed by atoms with Gasteiger partial charge < -0.3 is 30.7 Å². The summed E-state index contributed by atoms with van der Waals surface area (Å²) in [5, 5.41) is 40.0. The number of aromatic nitrogens is 5. The minimum Gasteiger partial charge on any atom is -0.387 e. The molecule has 14 heteroatoms. The molecule has 4 atom stereocenters.